The Balaban J connectivity index is 1.64. The molecule has 0 aliphatic carbocycles. The number of hydrazone groups is 1. The first-order valence-electron chi connectivity index (χ1n) is 9.64. The van der Waals surface area contributed by atoms with Crippen molar-refractivity contribution in [2.24, 2.45) is 5.10 Å². The Morgan fingerprint density at radius 1 is 1.03 bits per heavy atom. The smallest absolute Gasteiger partial charge is 0.267 e. The van der Waals surface area contributed by atoms with E-state index in [1.54, 1.807) is 73.9 Å². The molecule has 3 rings (SSSR count). The first kappa shape index (κ1) is 22.3. The van der Waals surface area contributed by atoms with Crippen molar-refractivity contribution in [3.05, 3.63) is 95.3 Å². The highest BCUT2D eigenvalue weighted by Gasteiger charge is 2.20. The molecule has 7 nitrogen and oxygen atoms in total. The molecule has 1 N–H and O–H groups in total. The van der Waals surface area contributed by atoms with Gasteiger partial charge in [-0.3, -0.25) is 9.78 Å². The lowest BCUT2D eigenvalue weighted by Gasteiger charge is -2.17. The zero-order valence-corrected chi connectivity index (χ0v) is 18.4. The van der Waals surface area contributed by atoms with Gasteiger partial charge in [0.05, 0.1) is 10.6 Å². The maximum absolute atomic E-state index is 12.7. The van der Waals surface area contributed by atoms with Crippen LogP contribution < -0.4 is 5.43 Å². The van der Waals surface area contributed by atoms with Crippen molar-refractivity contribution in [1.82, 2.24) is 14.7 Å². The fourth-order valence-electron chi connectivity index (χ4n) is 2.83. The van der Waals surface area contributed by atoms with E-state index >= 15 is 0 Å². The van der Waals surface area contributed by atoms with E-state index in [2.05, 4.69) is 15.5 Å². The van der Waals surface area contributed by atoms with Gasteiger partial charge in [-0.1, -0.05) is 35.9 Å². The standard InChI is InChI=1S/C23H24N4O3S/c1-17-6-12-22(13-7-17)31(29,30)27(3)16-19-8-10-20(11-9-19)23(28)26-25-18(2)21-5-4-14-24-15-21/h4-15H,16H2,1-3H3,(H,26,28)/b25-18-. The number of benzene rings is 2. The Kier molecular flexibility index (Phi) is 6.94. The van der Waals surface area contributed by atoms with E-state index in [0.29, 0.717) is 11.3 Å². The van der Waals surface area contributed by atoms with Crippen LogP contribution in [0.15, 0.2) is 83.1 Å². The second-order valence-corrected chi connectivity index (χ2v) is 9.20. The maximum atomic E-state index is 12.7. The lowest BCUT2D eigenvalue weighted by atomic mass is 10.1. The summed E-state index contributed by atoms with van der Waals surface area (Å²) >= 11 is 0. The van der Waals surface area contributed by atoms with Gasteiger partial charge in [0.2, 0.25) is 10.0 Å². The topological polar surface area (TPSA) is 91.7 Å². The highest BCUT2D eigenvalue weighted by atomic mass is 32.2. The van der Waals surface area contributed by atoms with Gasteiger partial charge >= 0.3 is 0 Å². The molecular weight excluding hydrogens is 412 g/mol. The van der Waals surface area contributed by atoms with Crippen LogP contribution in [0.2, 0.25) is 0 Å². The molecule has 0 atom stereocenters. The molecule has 0 aliphatic heterocycles. The summed E-state index contributed by atoms with van der Waals surface area (Å²) in [7, 11) is -2.06. The van der Waals surface area contributed by atoms with Crippen LogP contribution in [0, 0.1) is 6.92 Å². The number of carbonyl (C=O) groups excluding carboxylic acids is 1. The van der Waals surface area contributed by atoms with Gasteiger partial charge in [-0.15, -0.1) is 0 Å². The van der Waals surface area contributed by atoms with E-state index in [9.17, 15) is 13.2 Å². The second-order valence-electron chi connectivity index (χ2n) is 7.15. The van der Waals surface area contributed by atoms with Crippen molar-refractivity contribution in [3.8, 4) is 0 Å². The molecule has 31 heavy (non-hydrogen) atoms. The molecule has 1 amide bonds. The van der Waals surface area contributed by atoms with Gasteiger partial charge in [-0.05, 0) is 49.7 Å². The van der Waals surface area contributed by atoms with Crippen LogP contribution in [0.1, 0.15) is 34.0 Å². The van der Waals surface area contributed by atoms with E-state index < -0.39 is 10.0 Å². The number of nitrogens with zero attached hydrogens (tertiary/aromatic N) is 3. The van der Waals surface area contributed by atoms with Crippen LogP contribution in [-0.4, -0.2) is 36.4 Å². The normalized spacial score (nSPS) is 12.1. The number of amides is 1. The summed E-state index contributed by atoms with van der Waals surface area (Å²) in [5.74, 6) is -0.351. The second kappa shape index (κ2) is 9.63. The lowest BCUT2D eigenvalue weighted by Crippen LogP contribution is -2.26. The van der Waals surface area contributed by atoms with Crippen LogP contribution in [-0.2, 0) is 16.6 Å². The highest BCUT2D eigenvalue weighted by molar-refractivity contribution is 7.89. The number of pyridine rings is 1. The summed E-state index contributed by atoms with van der Waals surface area (Å²) < 4.78 is 26.7. The molecule has 1 aromatic heterocycles. The molecule has 0 fully saturated rings. The number of hydrogen-bond donors (Lipinski definition) is 1. The number of aromatic nitrogens is 1. The van der Waals surface area contributed by atoms with Crippen molar-refractivity contribution in [2.75, 3.05) is 7.05 Å². The van der Waals surface area contributed by atoms with Crippen molar-refractivity contribution in [3.63, 3.8) is 0 Å². The quantitative estimate of drug-likeness (QED) is 0.454. The fraction of sp³-hybridized carbons (Fsp3) is 0.174. The molecule has 160 valence electrons. The van der Waals surface area contributed by atoms with Gasteiger partial charge in [-0.25, -0.2) is 13.8 Å². The van der Waals surface area contributed by atoms with Gasteiger partial charge < -0.3 is 0 Å². The van der Waals surface area contributed by atoms with E-state index in [1.807, 2.05) is 13.0 Å². The molecule has 0 bridgehead atoms. The number of nitrogens with one attached hydrogen (secondary N) is 1. The average molecular weight is 437 g/mol. The monoisotopic (exact) mass is 436 g/mol. The molecule has 2 aromatic carbocycles. The largest absolute Gasteiger partial charge is 0.271 e. The van der Waals surface area contributed by atoms with Crippen molar-refractivity contribution >= 4 is 21.6 Å². The van der Waals surface area contributed by atoms with E-state index in [0.717, 1.165) is 16.7 Å². The van der Waals surface area contributed by atoms with E-state index in [4.69, 9.17) is 0 Å². The average Bonchev–Trinajstić information content (AvgIpc) is 2.78. The minimum Gasteiger partial charge on any atom is -0.267 e. The summed E-state index contributed by atoms with van der Waals surface area (Å²) in [6.45, 7) is 3.88. The number of aryl methyl sites for hydroxylation is 1. The molecule has 8 heteroatoms. The predicted molar refractivity (Wildman–Crippen MR) is 120 cm³/mol. The first-order chi connectivity index (χ1) is 14.8. The molecule has 0 unspecified atom stereocenters. The summed E-state index contributed by atoms with van der Waals surface area (Å²) in [6.07, 6.45) is 3.33. The fourth-order valence-corrected chi connectivity index (χ4v) is 3.99. The molecule has 0 saturated heterocycles. The molecule has 0 saturated carbocycles. The van der Waals surface area contributed by atoms with E-state index in [1.165, 1.54) is 11.4 Å². The Labute approximate surface area is 182 Å². The lowest BCUT2D eigenvalue weighted by molar-refractivity contribution is 0.0955. The van der Waals surface area contributed by atoms with Crippen molar-refractivity contribution in [1.29, 1.82) is 0 Å². The minimum absolute atomic E-state index is 0.191. The Bertz CT molecular complexity index is 1170. The molecule has 3 aromatic rings. The summed E-state index contributed by atoms with van der Waals surface area (Å²) in [4.78, 5) is 16.6. The summed E-state index contributed by atoms with van der Waals surface area (Å²) in [5, 5.41) is 4.10. The van der Waals surface area contributed by atoms with E-state index in [-0.39, 0.29) is 17.3 Å². The van der Waals surface area contributed by atoms with Crippen molar-refractivity contribution < 1.29 is 13.2 Å². The first-order valence-corrected chi connectivity index (χ1v) is 11.1. The van der Waals surface area contributed by atoms with Crippen LogP contribution >= 0.6 is 0 Å². The minimum atomic E-state index is -3.59. The Morgan fingerprint density at radius 2 is 1.71 bits per heavy atom. The van der Waals surface area contributed by atoms with Crippen LogP contribution in [0.4, 0.5) is 0 Å². The van der Waals surface area contributed by atoms with Gasteiger partial charge in [0.15, 0.2) is 0 Å². The van der Waals surface area contributed by atoms with Crippen LogP contribution in [0.5, 0.6) is 0 Å². The molecular formula is C23H24N4O3S. The number of carbonyl (C=O) groups is 1. The third-order valence-corrected chi connectivity index (χ3v) is 6.57. The van der Waals surface area contributed by atoms with Crippen molar-refractivity contribution in [2.45, 2.75) is 25.3 Å². The summed E-state index contributed by atoms with van der Waals surface area (Å²) in [5.41, 5.74) is 6.17. The molecule has 1 heterocycles. The third kappa shape index (κ3) is 5.62. The van der Waals surface area contributed by atoms with Gasteiger partial charge in [0.25, 0.3) is 5.91 Å². The predicted octanol–water partition coefficient (Wildman–Crippen LogP) is 3.36. The number of hydrogen-bond acceptors (Lipinski definition) is 5. The molecule has 0 spiro atoms. The Morgan fingerprint density at radius 3 is 2.32 bits per heavy atom. The van der Waals surface area contributed by atoms with Gasteiger partial charge in [0, 0.05) is 37.1 Å². The number of sulfonamides is 1. The Hall–Kier alpha value is -3.36. The highest BCUT2D eigenvalue weighted by Crippen LogP contribution is 2.17. The third-order valence-electron chi connectivity index (χ3n) is 4.75. The van der Waals surface area contributed by atoms with Crippen LogP contribution in [0.25, 0.3) is 0 Å². The zero-order valence-electron chi connectivity index (χ0n) is 17.6. The molecule has 0 radical (unpaired) electrons. The maximum Gasteiger partial charge on any atom is 0.271 e. The SMILES string of the molecule is C/C(=N/NC(=O)c1ccc(CN(C)S(=O)(=O)c2ccc(C)cc2)cc1)c1cccnc1. The van der Waals surface area contributed by atoms with Gasteiger partial charge in [-0.2, -0.15) is 9.41 Å². The van der Waals surface area contributed by atoms with Gasteiger partial charge in [0.1, 0.15) is 0 Å². The van der Waals surface area contributed by atoms with Crippen LogP contribution in [0.3, 0.4) is 0 Å². The summed E-state index contributed by atoms with van der Waals surface area (Å²) in [6, 6.07) is 17.1. The molecule has 0 aliphatic rings. The number of rotatable bonds is 7. The zero-order chi connectivity index (χ0) is 22.4.